The highest BCUT2D eigenvalue weighted by Gasteiger charge is 2.27. The lowest BCUT2D eigenvalue weighted by atomic mass is 9.96. The van der Waals surface area contributed by atoms with Gasteiger partial charge in [-0.25, -0.2) is 0 Å². The molecule has 1 amide bonds. The Morgan fingerprint density at radius 1 is 1.00 bits per heavy atom. The average Bonchev–Trinajstić information content (AvgIpc) is 2.69. The SMILES string of the molecule is [B]c1ccc(N2Cc3ccccc3C2=O)cc1. The maximum Gasteiger partial charge on any atom is 0.258 e. The van der Waals surface area contributed by atoms with Crippen LogP contribution < -0.4 is 10.4 Å². The fourth-order valence-electron chi connectivity index (χ4n) is 2.12. The molecule has 2 aromatic rings. The van der Waals surface area contributed by atoms with Gasteiger partial charge in [0.25, 0.3) is 5.91 Å². The van der Waals surface area contributed by atoms with Crippen molar-refractivity contribution in [2.45, 2.75) is 6.54 Å². The van der Waals surface area contributed by atoms with Gasteiger partial charge in [0.05, 0.1) is 6.54 Å². The highest BCUT2D eigenvalue weighted by atomic mass is 16.2. The Morgan fingerprint density at radius 2 is 1.71 bits per heavy atom. The van der Waals surface area contributed by atoms with Gasteiger partial charge in [0.1, 0.15) is 7.85 Å². The highest BCUT2D eigenvalue weighted by molar-refractivity contribution is 6.32. The first kappa shape index (κ1) is 10.1. The topological polar surface area (TPSA) is 20.3 Å². The molecular weight excluding hydrogens is 209 g/mol. The van der Waals surface area contributed by atoms with Gasteiger partial charge in [0.15, 0.2) is 0 Å². The van der Waals surface area contributed by atoms with Crippen molar-refractivity contribution < 1.29 is 4.79 Å². The Balaban J connectivity index is 1.99. The smallest absolute Gasteiger partial charge is 0.258 e. The van der Waals surface area contributed by atoms with Gasteiger partial charge in [-0.15, -0.1) is 0 Å². The second kappa shape index (κ2) is 3.77. The summed E-state index contributed by atoms with van der Waals surface area (Å²) in [5, 5.41) is 0. The lowest BCUT2D eigenvalue weighted by Gasteiger charge is -2.15. The molecule has 80 valence electrons. The number of amides is 1. The Bertz CT molecular complexity index is 577. The van der Waals surface area contributed by atoms with Crippen LogP contribution in [0, 0.1) is 0 Å². The first-order chi connectivity index (χ1) is 8.25. The standard InChI is InChI=1S/C14H10BNO/c15-11-5-7-12(8-6-11)16-9-10-3-1-2-4-13(10)14(16)17/h1-8H,9H2. The fraction of sp³-hybridized carbons (Fsp3) is 0.0714. The third kappa shape index (κ3) is 1.64. The van der Waals surface area contributed by atoms with Crippen molar-refractivity contribution in [2.75, 3.05) is 4.90 Å². The molecule has 0 unspecified atom stereocenters. The molecule has 0 saturated carbocycles. The van der Waals surface area contributed by atoms with Crippen molar-refractivity contribution in [3.05, 3.63) is 59.7 Å². The lowest BCUT2D eigenvalue weighted by molar-refractivity contribution is 0.0996. The number of carbonyl (C=O) groups is 1. The largest absolute Gasteiger partial charge is 0.304 e. The van der Waals surface area contributed by atoms with Crippen LogP contribution in [-0.4, -0.2) is 13.8 Å². The number of nitrogens with zero attached hydrogens (tertiary/aromatic N) is 1. The predicted molar refractivity (Wildman–Crippen MR) is 68.8 cm³/mol. The van der Waals surface area contributed by atoms with E-state index in [1.165, 1.54) is 0 Å². The van der Waals surface area contributed by atoms with Crippen molar-refractivity contribution in [2.24, 2.45) is 0 Å². The van der Waals surface area contributed by atoms with Crippen LogP contribution >= 0.6 is 0 Å². The van der Waals surface area contributed by atoms with Gasteiger partial charge in [-0.2, -0.15) is 0 Å². The highest BCUT2D eigenvalue weighted by Crippen LogP contribution is 2.27. The zero-order valence-electron chi connectivity index (χ0n) is 9.26. The molecule has 0 saturated heterocycles. The number of benzene rings is 2. The number of carbonyl (C=O) groups excluding carboxylic acids is 1. The van der Waals surface area contributed by atoms with E-state index in [0.717, 1.165) is 16.8 Å². The predicted octanol–water partition coefficient (Wildman–Crippen LogP) is 1.64. The van der Waals surface area contributed by atoms with E-state index in [4.69, 9.17) is 7.85 Å². The Kier molecular flexibility index (Phi) is 2.25. The van der Waals surface area contributed by atoms with E-state index in [1.54, 1.807) is 4.90 Å². The minimum Gasteiger partial charge on any atom is -0.304 e. The molecule has 1 aliphatic rings. The Morgan fingerprint density at radius 3 is 2.41 bits per heavy atom. The molecule has 1 aliphatic heterocycles. The molecule has 0 bridgehead atoms. The monoisotopic (exact) mass is 219 g/mol. The summed E-state index contributed by atoms with van der Waals surface area (Å²) in [6.45, 7) is 0.638. The van der Waals surface area contributed by atoms with Crippen LogP contribution in [0.15, 0.2) is 48.5 Å². The van der Waals surface area contributed by atoms with E-state index in [9.17, 15) is 4.79 Å². The molecule has 0 atom stereocenters. The summed E-state index contributed by atoms with van der Waals surface area (Å²) in [6.07, 6.45) is 0. The molecular formula is C14H10BNO. The molecule has 2 nitrogen and oxygen atoms in total. The fourth-order valence-corrected chi connectivity index (χ4v) is 2.12. The van der Waals surface area contributed by atoms with Crippen molar-refractivity contribution in [3.63, 3.8) is 0 Å². The molecule has 0 fully saturated rings. The minimum atomic E-state index is 0.0605. The van der Waals surface area contributed by atoms with Crippen LogP contribution in [0.5, 0.6) is 0 Å². The van der Waals surface area contributed by atoms with E-state index < -0.39 is 0 Å². The second-order valence-electron chi connectivity index (χ2n) is 4.14. The zero-order chi connectivity index (χ0) is 11.8. The first-order valence-corrected chi connectivity index (χ1v) is 5.51. The molecule has 1 heterocycles. The molecule has 3 heteroatoms. The van der Waals surface area contributed by atoms with E-state index in [0.29, 0.717) is 12.0 Å². The third-order valence-corrected chi connectivity index (χ3v) is 3.03. The second-order valence-corrected chi connectivity index (χ2v) is 4.14. The molecule has 2 aromatic carbocycles. The molecule has 0 aliphatic carbocycles. The van der Waals surface area contributed by atoms with Crippen molar-refractivity contribution in [1.82, 2.24) is 0 Å². The first-order valence-electron chi connectivity index (χ1n) is 5.51. The lowest BCUT2D eigenvalue weighted by Crippen LogP contribution is -2.23. The molecule has 0 aromatic heterocycles. The van der Waals surface area contributed by atoms with Gasteiger partial charge in [0.2, 0.25) is 0 Å². The molecule has 3 rings (SSSR count). The number of fused-ring (bicyclic) bond motifs is 1. The maximum absolute atomic E-state index is 12.2. The Labute approximate surface area is 101 Å². The van der Waals surface area contributed by atoms with Gasteiger partial charge in [-0.1, -0.05) is 35.8 Å². The van der Waals surface area contributed by atoms with E-state index >= 15 is 0 Å². The van der Waals surface area contributed by atoms with Gasteiger partial charge < -0.3 is 4.90 Å². The summed E-state index contributed by atoms with van der Waals surface area (Å²) < 4.78 is 0. The van der Waals surface area contributed by atoms with Gasteiger partial charge in [-0.3, -0.25) is 4.79 Å². The summed E-state index contributed by atoms with van der Waals surface area (Å²) in [7, 11) is 5.64. The molecule has 0 N–H and O–H groups in total. The maximum atomic E-state index is 12.2. The van der Waals surface area contributed by atoms with Gasteiger partial charge >= 0.3 is 0 Å². The molecule has 2 radical (unpaired) electrons. The normalized spacial score (nSPS) is 13.9. The van der Waals surface area contributed by atoms with Crippen molar-refractivity contribution in [3.8, 4) is 0 Å². The van der Waals surface area contributed by atoms with Crippen LogP contribution in [0.25, 0.3) is 0 Å². The van der Waals surface area contributed by atoms with Gasteiger partial charge in [-0.05, 0) is 23.8 Å². The number of hydrogen-bond donors (Lipinski definition) is 0. The minimum absolute atomic E-state index is 0.0605. The van der Waals surface area contributed by atoms with Crippen LogP contribution in [0.1, 0.15) is 15.9 Å². The molecule has 17 heavy (non-hydrogen) atoms. The quantitative estimate of drug-likeness (QED) is 0.667. The Hall–Kier alpha value is -2.03. The van der Waals surface area contributed by atoms with Gasteiger partial charge in [0, 0.05) is 11.3 Å². The molecule has 0 spiro atoms. The summed E-state index contributed by atoms with van der Waals surface area (Å²) in [4.78, 5) is 13.9. The third-order valence-electron chi connectivity index (χ3n) is 3.03. The van der Waals surface area contributed by atoms with Crippen LogP contribution in [-0.2, 0) is 6.54 Å². The van der Waals surface area contributed by atoms with Crippen molar-refractivity contribution in [1.29, 1.82) is 0 Å². The zero-order valence-corrected chi connectivity index (χ0v) is 9.26. The number of hydrogen-bond acceptors (Lipinski definition) is 1. The summed E-state index contributed by atoms with van der Waals surface area (Å²) in [6, 6.07) is 15.1. The van der Waals surface area contributed by atoms with Crippen molar-refractivity contribution >= 4 is 24.9 Å². The summed E-state index contributed by atoms with van der Waals surface area (Å²) in [5.41, 5.74) is 3.47. The van der Waals surface area contributed by atoms with E-state index in [-0.39, 0.29) is 5.91 Å². The number of rotatable bonds is 1. The average molecular weight is 219 g/mol. The van der Waals surface area contributed by atoms with Crippen LogP contribution in [0.3, 0.4) is 0 Å². The van der Waals surface area contributed by atoms with Crippen LogP contribution in [0.4, 0.5) is 5.69 Å². The van der Waals surface area contributed by atoms with E-state index in [1.807, 2.05) is 48.5 Å². The summed E-state index contributed by atoms with van der Waals surface area (Å²) >= 11 is 0. The van der Waals surface area contributed by atoms with Crippen LogP contribution in [0.2, 0.25) is 0 Å². The summed E-state index contributed by atoms with van der Waals surface area (Å²) in [5.74, 6) is 0.0605. The number of anilines is 1. The van der Waals surface area contributed by atoms with E-state index in [2.05, 4.69) is 0 Å².